The predicted molar refractivity (Wildman–Crippen MR) is 99.7 cm³/mol. The number of hydrogen-bond acceptors (Lipinski definition) is 5. The van der Waals surface area contributed by atoms with Crippen LogP contribution < -0.4 is 24.8 Å². The van der Waals surface area contributed by atoms with Crippen molar-refractivity contribution in [2.75, 3.05) is 38.5 Å². The van der Waals surface area contributed by atoms with Crippen LogP contribution in [0.5, 0.6) is 17.2 Å². The molecule has 0 spiro atoms. The van der Waals surface area contributed by atoms with E-state index in [1.807, 2.05) is 0 Å². The molecule has 0 unspecified atom stereocenters. The lowest BCUT2D eigenvalue weighted by molar-refractivity contribution is -0.114. The smallest absolute Gasteiger partial charge is 0.243 e. The molecular weight excluding hydrogens is 367 g/mol. The van der Waals surface area contributed by atoms with Crippen molar-refractivity contribution >= 4 is 40.5 Å². The van der Waals surface area contributed by atoms with E-state index in [1.165, 1.54) is 21.3 Å². The van der Waals surface area contributed by atoms with Gasteiger partial charge in [-0.2, -0.15) is 0 Å². The van der Waals surface area contributed by atoms with Gasteiger partial charge in [0.25, 0.3) is 0 Å². The van der Waals surface area contributed by atoms with E-state index in [-0.39, 0.29) is 12.5 Å². The maximum Gasteiger partial charge on any atom is 0.243 e. The number of benzene rings is 2. The molecule has 2 aromatic rings. The minimum absolute atomic E-state index is 0.0154. The average molecular weight is 385 g/mol. The molecule has 0 bridgehead atoms. The summed E-state index contributed by atoms with van der Waals surface area (Å²) in [6, 6.07) is 8.44. The molecule has 0 saturated carbocycles. The van der Waals surface area contributed by atoms with Gasteiger partial charge in [-0.25, -0.2) is 0 Å². The average Bonchev–Trinajstić information content (AvgIpc) is 2.62. The Morgan fingerprint density at radius 2 is 1.68 bits per heavy atom. The van der Waals surface area contributed by atoms with E-state index in [0.29, 0.717) is 38.7 Å². The zero-order valence-electron chi connectivity index (χ0n) is 14.0. The number of rotatable bonds is 7. The summed E-state index contributed by atoms with van der Waals surface area (Å²) in [6.07, 6.45) is 0. The molecule has 134 valence electrons. The first-order valence-corrected chi connectivity index (χ1v) is 8.03. The van der Waals surface area contributed by atoms with Crippen molar-refractivity contribution in [2.45, 2.75) is 0 Å². The number of ether oxygens (including phenoxy) is 3. The fourth-order valence-corrected chi connectivity index (χ4v) is 2.51. The molecule has 0 radical (unpaired) electrons. The summed E-state index contributed by atoms with van der Waals surface area (Å²) in [6.45, 7) is 0.0154. The lowest BCUT2D eigenvalue weighted by atomic mass is 10.2. The molecule has 25 heavy (non-hydrogen) atoms. The van der Waals surface area contributed by atoms with Crippen molar-refractivity contribution < 1.29 is 19.0 Å². The van der Waals surface area contributed by atoms with Crippen LogP contribution >= 0.6 is 23.2 Å². The number of hydrogen-bond donors (Lipinski definition) is 2. The maximum atomic E-state index is 12.1. The second kappa shape index (κ2) is 8.69. The Kier molecular flexibility index (Phi) is 6.61. The molecule has 0 heterocycles. The van der Waals surface area contributed by atoms with E-state index in [4.69, 9.17) is 37.4 Å². The summed E-state index contributed by atoms with van der Waals surface area (Å²) in [5.41, 5.74) is 1.09. The molecule has 1 amide bonds. The van der Waals surface area contributed by atoms with Crippen molar-refractivity contribution in [3.05, 3.63) is 40.4 Å². The Morgan fingerprint density at radius 3 is 2.24 bits per heavy atom. The van der Waals surface area contributed by atoms with Gasteiger partial charge in [0, 0.05) is 17.8 Å². The first kappa shape index (κ1) is 19.0. The summed E-state index contributed by atoms with van der Waals surface area (Å²) in [4.78, 5) is 12.1. The highest BCUT2D eigenvalue weighted by Crippen LogP contribution is 2.39. The van der Waals surface area contributed by atoms with Gasteiger partial charge in [0.05, 0.1) is 43.6 Å². The van der Waals surface area contributed by atoms with E-state index in [1.54, 1.807) is 30.3 Å². The maximum absolute atomic E-state index is 12.1. The molecule has 2 aromatic carbocycles. The second-order valence-electron chi connectivity index (χ2n) is 4.92. The standard InChI is InChI=1S/C17H18Cl2N2O4/c1-23-13-7-10(8-14(24-2)17(13)25-3)20-9-15(22)21-12-6-4-5-11(18)16(12)19/h4-8,20H,9H2,1-3H3,(H,21,22). The van der Waals surface area contributed by atoms with Gasteiger partial charge in [-0.15, -0.1) is 0 Å². The predicted octanol–water partition coefficient (Wildman–Crippen LogP) is 4.07. The van der Waals surface area contributed by atoms with Gasteiger partial charge in [0.2, 0.25) is 11.7 Å². The van der Waals surface area contributed by atoms with Crippen molar-refractivity contribution in [3.8, 4) is 17.2 Å². The van der Waals surface area contributed by atoms with E-state index < -0.39 is 0 Å². The Bertz CT molecular complexity index is 743. The zero-order valence-corrected chi connectivity index (χ0v) is 15.5. The summed E-state index contributed by atoms with van der Waals surface area (Å²) < 4.78 is 15.8. The summed E-state index contributed by atoms with van der Waals surface area (Å²) >= 11 is 12.0. The van der Waals surface area contributed by atoms with Gasteiger partial charge in [-0.05, 0) is 12.1 Å². The van der Waals surface area contributed by atoms with E-state index in [9.17, 15) is 4.79 Å². The van der Waals surface area contributed by atoms with Gasteiger partial charge in [-0.1, -0.05) is 29.3 Å². The number of anilines is 2. The lowest BCUT2D eigenvalue weighted by Gasteiger charge is -2.15. The van der Waals surface area contributed by atoms with Gasteiger partial charge in [0.1, 0.15) is 0 Å². The Labute approximate surface area is 156 Å². The Balaban J connectivity index is 2.08. The minimum Gasteiger partial charge on any atom is -0.493 e. The molecule has 0 aromatic heterocycles. The van der Waals surface area contributed by atoms with Crippen LogP contribution in [0.4, 0.5) is 11.4 Å². The fraction of sp³-hybridized carbons (Fsp3) is 0.235. The largest absolute Gasteiger partial charge is 0.493 e. The van der Waals surface area contributed by atoms with Crippen LogP contribution in [0.2, 0.25) is 10.0 Å². The van der Waals surface area contributed by atoms with Crippen LogP contribution in [0.3, 0.4) is 0 Å². The molecule has 6 nitrogen and oxygen atoms in total. The van der Waals surface area contributed by atoms with Crippen LogP contribution in [-0.2, 0) is 4.79 Å². The van der Waals surface area contributed by atoms with Crippen LogP contribution in [-0.4, -0.2) is 33.8 Å². The molecule has 0 aliphatic carbocycles. The van der Waals surface area contributed by atoms with E-state index in [2.05, 4.69) is 10.6 Å². The third-order valence-electron chi connectivity index (χ3n) is 3.34. The number of carbonyl (C=O) groups is 1. The summed E-state index contributed by atoms with van der Waals surface area (Å²) in [5.74, 6) is 1.17. The highest BCUT2D eigenvalue weighted by molar-refractivity contribution is 6.44. The monoisotopic (exact) mass is 384 g/mol. The SMILES string of the molecule is COc1cc(NCC(=O)Nc2cccc(Cl)c2Cl)cc(OC)c1OC. The van der Waals surface area contributed by atoms with Crippen molar-refractivity contribution in [2.24, 2.45) is 0 Å². The number of amides is 1. The lowest BCUT2D eigenvalue weighted by Crippen LogP contribution is -2.22. The third-order valence-corrected chi connectivity index (χ3v) is 4.16. The van der Waals surface area contributed by atoms with E-state index >= 15 is 0 Å². The van der Waals surface area contributed by atoms with Crippen molar-refractivity contribution in [1.29, 1.82) is 0 Å². The molecule has 0 atom stereocenters. The quantitative estimate of drug-likeness (QED) is 0.752. The van der Waals surface area contributed by atoms with Crippen molar-refractivity contribution in [1.82, 2.24) is 0 Å². The summed E-state index contributed by atoms with van der Waals surface area (Å²) in [5, 5.41) is 6.36. The van der Waals surface area contributed by atoms with Crippen LogP contribution in [0.25, 0.3) is 0 Å². The van der Waals surface area contributed by atoms with Crippen LogP contribution in [0, 0.1) is 0 Å². The normalized spacial score (nSPS) is 10.1. The molecule has 0 aliphatic rings. The van der Waals surface area contributed by atoms with Crippen molar-refractivity contribution in [3.63, 3.8) is 0 Å². The Morgan fingerprint density at radius 1 is 1.04 bits per heavy atom. The molecule has 0 saturated heterocycles. The molecule has 2 N–H and O–H groups in total. The van der Waals surface area contributed by atoms with E-state index in [0.717, 1.165) is 0 Å². The first-order chi connectivity index (χ1) is 12.0. The van der Waals surface area contributed by atoms with Crippen LogP contribution in [0.15, 0.2) is 30.3 Å². The first-order valence-electron chi connectivity index (χ1n) is 7.28. The highest BCUT2D eigenvalue weighted by atomic mass is 35.5. The molecule has 0 aliphatic heterocycles. The van der Waals surface area contributed by atoms with Gasteiger partial charge in [0.15, 0.2) is 11.5 Å². The number of carbonyl (C=O) groups excluding carboxylic acids is 1. The number of methoxy groups -OCH3 is 3. The fourth-order valence-electron chi connectivity index (χ4n) is 2.16. The minimum atomic E-state index is -0.280. The third kappa shape index (κ3) is 4.61. The summed E-state index contributed by atoms with van der Waals surface area (Å²) in [7, 11) is 4.57. The van der Waals surface area contributed by atoms with Crippen LogP contribution in [0.1, 0.15) is 0 Å². The van der Waals surface area contributed by atoms with Gasteiger partial charge >= 0.3 is 0 Å². The number of halogens is 2. The zero-order chi connectivity index (χ0) is 18.4. The highest BCUT2D eigenvalue weighted by Gasteiger charge is 2.14. The second-order valence-corrected chi connectivity index (χ2v) is 5.70. The molecule has 8 heteroatoms. The van der Waals surface area contributed by atoms with Gasteiger partial charge < -0.3 is 24.8 Å². The molecular formula is C17H18Cl2N2O4. The topological polar surface area (TPSA) is 68.8 Å². The Hall–Kier alpha value is -2.31. The molecule has 2 rings (SSSR count). The number of nitrogens with one attached hydrogen (secondary N) is 2. The van der Waals surface area contributed by atoms with Gasteiger partial charge in [-0.3, -0.25) is 4.79 Å². The molecule has 0 fully saturated rings.